The second kappa shape index (κ2) is 9.96. The summed E-state index contributed by atoms with van der Waals surface area (Å²) in [6, 6.07) is 11.2. The first kappa shape index (κ1) is 23.3. The molecule has 2 aromatic heterocycles. The number of thiophene rings is 1. The van der Waals surface area contributed by atoms with E-state index in [1.807, 2.05) is 38.4 Å². The van der Waals surface area contributed by atoms with Gasteiger partial charge in [0.1, 0.15) is 4.21 Å². The number of sulfonamides is 1. The van der Waals surface area contributed by atoms with Crippen LogP contribution < -0.4 is 4.90 Å². The van der Waals surface area contributed by atoms with Gasteiger partial charge in [-0.2, -0.15) is 4.31 Å². The third-order valence-corrected chi connectivity index (χ3v) is 9.89. The Morgan fingerprint density at radius 1 is 1.19 bits per heavy atom. The molecule has 1 saturated heterocycles. The minimum absolute atomic E-state index is 0.0334. The van der Waals surface area contributed by atoms with Gasteiger partial charge in [0.2, 0.25) is 5.91 Å². The molecule has 3 heterocycles. The number of hydrogen-bond donors (Lipinski definition) is 0. The Balaban J connectivity index is 1.56. The maximum atomic E-state index is 13.7. The van der Waals surface area contributed by atoms with Crippen LogP contribution in [0.5, 0.6) is 0 Å². The average Bonchev–Trinajstić information content (AvgIpc) is 3.46. The second-order valence-electron chi connectivity index (χ2n) is 8.25. The molecule has 1 aliphatic heterocycles. The van der Waals surface area contributed by atoms with E-state index < -0.39 is 10.0 Å². The van der Waals surface area contributed by atoms with E-state index in [2.05, 4.69) is 4.90 Å². The van der Waals surface area contributed by atoms with Gasteiger partial charge in [-0.1, -0.05) is 29.5 Å². The fourth-order valence-electron chi connectivity index (χ4n) is 3.94. The molecule has 1 aromatic carbocycles. The van der Waals surface area contributed by atoms with Crippen LogP contribution in [0.2, 0.25) is 0 Å². The lowest BCUT2D eigenvalue weighted by Crippen LogP contribution is -2.47. The van der Waals surface area contributed by atoms with E-state index in [0.29, 0.717) is 35.3 Å². The predicted molar refractivity (Wildman–Crippen MR) is 131 cm³/mol. The Morgan fingerprint density at radius 3 is 2.72 bits per heavy atom. The number of piperidine rings is 1. The van der Waals surface area contributed by atoms with Crippen molar-refractivity contribution in [3.8, 4) is 0 Å². The highest BCUT2D eigenvalue weighted by Crippen LogP contribution is 2.32. The number of benzene rings is 1. The number of carbonyl (C=O) groups is 1. The van der Waals surface area contributed by atoms with Crippen molar-refractivity contribution >= 4 is 54.0 Å². The molecule has 0 N–H and O–H groups in total. The van der Waals surface area contributed by atoms with E-state index in [9.17, 15) is 13.2 Å². The molecule has 172 valence electrons. The van der Waals surface area contributed by atoms with Crippen LogP contribution in [0.4, 0.5) is 5.13 Å². The zero-order valence-electron chi connectivity index (χ0n) is 18.3. The standard InChI is InChI=1S/C22H28N4O3S3/c1-24(2)12-7-14-26(22-23-18-9-3-4-10-19(18)31-22)21(27)17-8-5-13-25(16-17)32(28,29)20-11-6-15-30-20/h3-4,6,9-11,15,17H,5,7-8,12-14,16H2,1-2H3. The zero-order valence-corrected chi connectivity index (χ0v) is 20.8. The van der Waals surface area contributed by atoms with E-state index in [1.54, 1.807) is 22.4 Å². The normalized spacial score (nSPS) is 17.8. The zero-order chi connectivity index (χ0) is 22.7. The van der Waals surface area contributed by atoms with E-state index in [-0.39, 0.29) is 18.4 Å². The number of para-hydroxylation sites is 1. The molecule has 0 saturated carbocycles. The van der Waals surface area contributed by atoms with Gasteiger partial charge in [0.05, 0.1) is 16.1 Å². The lowest BCUT2D eigenvalue weighted by molar-refractivity contribution is -0.123. The summed E-state index contributed by atoms with van der Waals surface area (Å²) >= 11 is 2.73. The summed E-state index contributed by atoms with van der Waals surface area (Å²) in [5, 5.41) is 2.45. The van der Waals surface area contributed by atoms with Crippen molar-refractivity contribution in [1.29, 1.82) is 0 Å². The van der Waals surface area contributed by atoms with Crippen LogP contribution in [0.1, 0.15) is 19.3 Å². The van der Waals surface area contributed by atoms with Gasteiger partial charge < -0.3 is 4.90 Å². The van der Waals surface area contributed by atoms with Crippen LogP contribution in [0.15, 0.2) is 46.0 Å². The minimum Gasteiger partial charge on any atom is -0.309 e. The number of rotatable bonds is 8. The van der Waals surface area contributed by atoms with Crippen LogP contribution in [0.3, 0.4) is 0 Å². The molecular formula is C22H28N4O3S3. The molecule has 32 heavy (non-hydrogen) atoms. The summed E-state index contributed by atoms with van der Waals surface area (Å²) in [4.78, 5) is 22.3. The SMILES string of the molecule is CN(C)CCCN(C(=O)C1CCCN(S(=O)(=O)c2cccs2)C1)c1nc2ccccc2s1. The van der Waals surface area contributed by atoms with Crippen molar-refractivity contribution in [2.75, 3.05) is 45.2 Å². The number of anilines is 1. The summed E-state index contributed by atoms with van der Waals surface area (Å²) in [7, 11) is 0.462. The van der Waals surface area contributed by atoms with Gasteiger partial charge in [-0.05, 0) is 63.5 Å². The molecule has 3 aromatic rings. The van der Waals surface area contributed by atoms with Gasteiger partial charge in [-0.15, -0.1) is 11.3 Å². The topological polar surface area (TPSA) is 73.8 Å². The molecule has 1 aliphatic rings. The number of fused-ring (bicyclic) bond motifs is 1. The van der Waals surface area contributed by atoms with Gasteiger partial charge in [0.25, 0.3) is 10.0 Å². The molecule has 4 rings (SSSR count). The van der Waals surface area contributed by atoms with Gasteiger partial charge in [-0.25, -0.2) is 13.4 Å². The average molecular weight is 493 g/mol. The van der Waals surface area contributed by atoms with Crippen molar-refractivity contribution in [3.05, 3.63) is 41.8 Å². The van der Waals surface area contributed by atoms with Gasteiger partial charge in [-0.3, -0.25) is 9.69 Å². The lowest BCUT2D eigenvalue weighted by Gasteiger charge is -2.33. The summed E-state index contributed by atoms with van der Waals surface area (Å²) in [5.74, 6) is -0.404. The Morgan fingerprint density at radius 2 is 2.00 bits per heavy atom. The number of amides is 1. The van der Waals surface area contributed by atoms with Crippen molar-refractivity contribution in [3.63, 3.8) is 0 Å². The number of aromatic nitrogens is 1. The highest BCUT2D eigenvalue weighted by Gasteiger charge is 2.36. The molecule has 7 nitrogen and oxygen atoms in total. The first-order valence-electron chi connectivity index (χ1n) is 10.7. The molecule has 1 atom stereocenters. The molecule has 0 bridgehead atoms. The summed E-state index contributed by atoms with van der Waals surface area (Å²) in [5.41, 5.74) is 0.878. The van der Waals surface area contributed by atoms with Crippen molar-refractivity contribution in [2.45, 2.75) is 23.5 Å². The van der Waals surface area contributed by atoms with E-state index in [1.165, 1.54) is 27.0 Å². The third-order valence-electron chi connectivity index (χ3n) is 5.59. The Labute approximate surface area is 197 Å². The number of nitrogens with zero attached hydrogens (tertiary/aromatic N) is 4. The highest BCUT2D eigenvalue weighted by molar-refractivity contribution is 7.91. The Bertz CT molecular complexity index is 1130. The molecule has 1 fully saturated rings. The van der Waals surface area contributed by atoms with Gasteiger partial charge >= 0.3 is 0 Å². The number of thiazole rings is 1. The van der Waals surface area contributed by atoms with Gasteiger partial charge in [0.15, 0.2) is 5.13 Å². The molecule has 0 radical (unpaired) electrons. The first-order valence-corrected chi connectivity index (χ1v) is 13.9. The molecule has 1 unspecified atom stereocenters. The second-order valence-corrected chi connectivity index (χ2v) is 12.4. The first-order chi connectivity index (χ1) is 15.4. The molecule has 0 aliphatic carbocycles. The van der Waals surface area contributed by atoms with E-state index >= 15 is 0 Å². The minimum atomic E-state index is -3.56. The third kappa shape index (κ3) is 5.04. The lowest BCUT2D eigenvalue weighted by atomic mass is 9.98. The fourth-order valence-corrected chi connectivity index (χ4v) is 7.61. The largest absolute Gasteiger partial charge is 0.309 e. The van der Waals surface area contributed by atoms with Crippen LogP contribution in [-0.2, 0) is 14.8 Å². The summed E-state index contributed by atoms with van der Waals surface area (Å²) < 4.78 is 28.9. The fraction of sp³-hybridized carbons (Fsp3) is 0.455. The predicted octanol–water partition coefficient (Wildman–Crippen LogP) is 3.74. The summed E-state index contributed by atoms with van der Waals surface area (Å²) in [6.45, 7) is 2.09. The van der Waals surface area contributed by atoms with Crippen LogP contribution >= 0.6 is 22.7 Å². The maximum Gasteiger partial charge on any atom is 0.252 e. The quantitative estimate of drug-likeness (QED) is 0.479. The Hall–Kier alpha value is -1.85. The van der Waals surface area contributed by atoms with Crippen LogP contribution in [-0.4, -0.2) is 68.8 Å². The molecule has 10 heteroatoms. The molecule has 1 amide bonds. The van der Waals surface area contributed by atoms with Crippen LogP contribution in [0, 0.1) is 5.92 Å². The van der Waals surface area contributed by atoms with Gasteiger partial charge in [0, 0.05) is 19.6 Å². The molecular weight excluding hydrogens is 464 g/mol. The smallest absolute Gasteiger partial charge is 0.252 e. The van der Waals surface area contributed by atoms with Crippen molar-refractivity contribution in [1.82, 2.24) is 14.2 Å². The molecule has 0 spiro atoms. The van der Waals surface area contributed by atoms with E-state index in [4.69, 9.17) is 4.98 Å². The number of carbonyl (C=O) groups excluding carboxylic acids is 1. The van der Waals surface area contributed by atoms with Crippen molar-refractivity contribution < 1.29 is 13.2 Å². The summed E-state index contributed by atoms with van der Waals surface area (Å²) in [6.07, 6.45) is 2.18. The highest BCUT2D eigenvalue weighted by atomic mass is 32.2. The van der Waals surface area contributed by atoms with Crippen LogP contribution in [0.25, 0.3) is 10.2 Å². The number of hydrogen-bond acceptors (Lipinski definition) is 7. The monoisotopic (exact) mass is 492 g/mol. The van der Waals surface area contributed by atoms with E-state index in [0.717, 1.165) is 23.2 Å². The Kier molecular flexibility index (Phi) is 7.26. The maximum absolute atomic E-state index is 13.7. The van der Waals surface area contributed by atoms with Crippen molar-refractivity contribution in [2.24, 2.45) is 5.92 Å².